The Balaban J connectivity index is 2.02. The van der Waals surface area contributed by atoms with Crippen molar-refractivity contribution in [1.82, 2.24) is 4.90 Å². The van der Waals surface area contributed by atoms with Gasteiger partial charge in [-0.15, -0.1) is 0 Å². The molecule has 0 unspecified atom stereocenters. The third kappa shape index (κ3) is 4.00. The first-order chi connectivity index (χ1) is 13.8. The number of β-amino-alcohol motifs (C(OH)–C–C–N with tert-alkyl or cyclic N) is 1. The highest BCUT2D eigenvalue weighted by atomic mass is 35.5. The van der Waals surface area contributed by atoms with Gasteiger partial charge in [0.1, 0.15) is 5.70 Å². The normalized spacial score (nSPS) is 13.4. The number of rotatable bonds is 7. The summed E-state index contributed by atoms with van der Waals surface area (Å²) in [6.45, 7) is -0.572. The molecular weight excluding hydrogens is 402 g/mol. The molecule has 0 spiro atoms. The van der Waals surface area contributed by atoms with E-state index in [0.717, 1.165) is 17.0 Å². The number of hydrogen-bond acceptors (Lipinski definition) is 7. The van der Waals surface area contributed by atoms with E-state index in [9.17, 15) is 24.5 Å². The molecule has 10 heteroatoms. The summed E-state index contributed by atoms with van der Waals surface area (Å²) < 4.78 is 0. The van der Waals surface area contributed by atoms with Crippen LogP contribution in [0.4, 0.5) is 11.4 Å². The van der Waals surface area contributed by atoms with Gasteiger partial charge in [0.25, 0.3) is 17.5 Å². The smallest absolute Gasteiger partial charge is 0.277 e. The fraction of sp³-hybridized carbons (Fsp3) is 0.105. The van der Waals surface area contributed by atoms with E-state index >= 15 is 0 Å². The molecule has 9 nitrogen and oxygen atoms in total. The van der Waals surface area contributed by atoms with Gasteiger partial charge in [0.2, 0.25) is 0 Å². The van der Waals surface area contributed by atoms with Crippen molar-refractivity contribution in [3.05, 3.63) is 80.5 Å². The SMILES string of the molecule is O=C(c1ccccc1Cl)c1cc([N+](=O)[O-])ccc1NC1=CC(=O)N(CCO)C1=O. The number of halogens is 1. The summed E-state index contributed by atoms with van der Waals surface area (Å²) in [5.41, 5.74) is -0.309. The van der Waals surface area contributed by atoms with Crippen molar-refractivity contribution in [2.24, 2.45) is 0 Å². The number of aliphatic hydroxyl groups is 1. The molecule has 1 aliphatic rings. The van der Waals surface area contributed by atoms with Gasteiger partial charge < -0.3 is 10.4 Å². The van der Waals surface area contributed by atoms with E-state index in [-0.39, 0.29) is 39.8 Å². The highest BCUT2D eigenvalue weighted by Crippen LogP contribution is 2.29. The number of carbonyl (C=O) groups excluding carboxylic acids is 3. The summed E-state index contributed by atoms with van der Waals surface area (Å²) in [7, 11) is 0. The second kappa shape index (κ2) is 8.21. The Morgan fingerprint density at radius 2 is 1.90 bits per heavy atom. The summed E-state index contributed by atoms with van der Waals surface area (Å²) in [6, 6.07) is 9.72. The van der Waals surface area contributed by atoms with Gasteiger partial charge in [0, 0.05) is 23.8 Å². The average Bonchev–Trinajstić information content (AvgIpc) is 2.96. The zero-order valence-electron chi connectivity index (χ0n) is 14.8. The quantitative estimate of drug-likeness (QED) is 0.306. The van der Waals surface area contributed by atoms with Crippen LogP contribution in [0.5, 0.6) is 0 Å². The standard InChI is InChI=1S/C19H14ClN3O6/c20-14-4-2-1-3-12(14)18(26)13-9-11(23(28)29)5-6-15(13)21-16-10-17(25)22(7-8-24)19(16)27/h1-6,9-10,21,24H,7-8H2. The molecule has 148 valence electrons. The van der Waals surface area contributed by atoms with Crippen LogP contribution in [-0.4, -0.2) is 45.7 Å². The number of imide groups is 1. The summed E-state index contributed by atoms with van der Waals surface area (Å²) >= 11 is 6.07. The van der Waals surface area contributed by atoms with Crippen LogP contribution < -0.4 is 5.32 Å². The molecule has 0 saturated carbocycles. The number of carbonyl (C=O) groups is 3. The Morgan fingerprint density at radius 1 is 1.17 bits per heavy atom. The number of non-ortho nitro benzene ring substituents is 1. The van der Waals surface area contributed by atoms with Crippen molar-refractivity contribution in [3.8, 4) is 0 Å². The highest BCUT2D eigenvalue weighted by Gasteiger charge is 2.31. The topological polar surface area (TPSA) is 130 Å². The van der Waals surface area contributed by atoms with Crippen LogP contribution in [0.1, 0.15) is 15.9 Å². The minimum atomic E-state index is -0.682. The van der Waals surface area contributed by atoms with Crippen molar-refractivity contribution >= 4 is 40.6 Å². The predicted octanol–water partition coefficient (Wildman–Crippen LogP) is 2.14. The Hall–Kier alpha value is -3.56. The Labute approximate surface area is 169 Å². The lowest BCUT2D eigenvalue weighted by Crippen LogP contribution is -2.34. The van der Waals surface area contributed by atoms with Gasteiger partial charge in [-0.05, 0) is 18.2 Å². The maximum absolute atomic E-state index is 13.0. The minimum absolute atomic E-state index is 0.0888. The van der Waals surface area contributed by atoms with E-state index in [2.05, 4.69) is 5.32 Å². The molecule has 0 fully saturated rings. The highest BCUT2D eigenvalue weighted by molar-refractivity contribution is 6.35. The summed E-state index contributed by atoms with van der Waals surface area (Å²) in [5.74, 6) is -1.89. The fourth-order valence-electron chi connectivity index (χ4n) is 2.79. The largest absolute Gasteiger partial charge is 0.395 e. The molecule has 0 aliphatic carbocycles. The van der Waals surface area contributed by atoms with Crippen LogP contribution in [0.25, 0.3) is 0 Å². The zero-order valence-corrected chi connectivity index (χ0v) is 15.5. The zero-order chi connectivity index (χ0) is 21.1. The molecule has 2 aromatic rings. The number of benzene rings is 2. The van der Waals surface area contributed by atoms with E-state index < -0.39 is 29.1 Å². The molecule has 0 saturated heterocycles. The van der Waals surface area contributed by atoms with Gasteiger partial charge >= 0.3 is 0 Å². The lowest BCUT2D eigenvalue weighted by Gasteiger charge is -2.15. The van der Waals surface area contributed by atoms with E-state index in [0.29, 0.717) is 0 Å². The average molecular weight is 416 g/mol. The first-order valence-electron chi connectivity index (χ1n) is 8.36. The minimum Gasteiger partial charge on any atom is -0.395 e. The number of nitrogens with zero attached hydrogens (tertiary/aromatic N) is 2. The van der Waals surface area contributed by atoms with Crippen LogP contribution in [-0.2, 0) is 9.59 Å². The van der Waals surface area contributed by atoms with E-state index in [1.807, 2.05) is 0 Å². The Bertz CT molecular complexity index is 1070. The number of hydrogen-bond donors (Lipinski definition) is 2. The van der Waals surface area contributed by atoms with Gasteiger partial charge in [-0.3, -0.25) is 29.4 Å². The first-order valence-corrected chi connectivity index (χ1v) is 8.74. The number of ketones is 1. The molecule has 0 bridgehead atoms. The number of aliphatic hydroxyl groups excluding tert-OH is 1. The second-order valence-corrected chi connectivity index (χ2v) is 6.40. The maximum atomic E-state index is 13.0. The molecular formula is C19H14ClN3O6. The lowest BCUT2D eigenvalue weighted by atomic mass is 10.0. The third-order valence-electron chi connectivity index (χ3n) is 4.18. The van der Waals surface area contributed by atoms with Gasteiger partial charge in [0.05, 0.1) is 34.3 Å². The molecule has 29 heavy (non-hydrogen) atoms. The van der Waals surface area contributed by atoms with Gasteiger partial charge in [-0.1, -0.05) is 23.7 Å². The van der Waals surface area contributed by atoms with E-state index in [1.165, 1.54) is 24.3 Å². The summed E-state index contributed by atoms with van der Waals surface area (Å²) in [5, 5.41) is 23.0. The molecule has 0 aromatic heterocycles. The van der Waals surface area contributed by atoms with Gasteiger partial charge in [-0.25, -0.2) is 0 Å². The van der Waals surface area contributed by atoms with Crippen LogP contribution in [0.2, 0.25) is 5.02 Å². The van der Waals surface area contributed by atoms with Crippen LogP contribution in [0.15, 0.2) is 54.2 Å². The second-order valence-electron chi connectivity index (χ2n) is 6.00. The van der Waals surface area contributed by atoms with Crippen LogP contribution >= 0.6 is 11.6 Å². The first kappa shape index (κ1) is 20.2. The molecule has 2 N–H and O–H groups in total. The maximum Gasteiger partial charge on any atom is 0.277 e. The molecule has 2 amide bonds. The molecule has 1 aliphatic heterocycles. The molecule has 0 atom stereocenters. The van der Waals surface area contributed by atoms with Crippen molar-refractivity contribution in [2.45, 2.75) is 0 Å². The van der Waals surface area contributed by atoms with Crippen LogP contribution in [0, 0.1) is 10.1 Å². The molecule has 1 heterocycles. The van der Waals surface area contributed by atoms with Crippen molar-refractivity contribution in [2.75, 3.05) is 18.5 Å². The van der Waals surface area contributed by atoms with Crippen LogP contribution in [0.3, 0.4) is 0 Å². The summed E-state index contributed by atoms with van der Waals surface area (Å²) in [4.78, 5) is 48.6. The molecule has 0 radical (unpaired) electrons. The molecule has 3 rings (SSSR count). The number of nitro groups is 1. The number of amides is 2. The Morgan fingerprint density at radius 3 is 2.55 bits per heavy atom. The van der Waals surface area contributed by atoms with E-state index in [4.69, 9.17) is 16.7 Å². The Kier molecular flexibility index (Phi) is 5.71. The lowest BCUT2D eigenvalue weighted by molar-refractivity contribution is -0.384. The predicted molar refractivity (Wildman–Crippen MR) is 103 cm³/mol. The molecule has 2 aromatic carbocycles. The van der Waals surface area contributed by atoms with Gasteiger partial charge in [-0.2, -0.15) is 0 Å². The van der Waals surface area contributed by atoms with Crippen molar-refractivity contribution < 1.29 is 24.4 Å². The fourth-order valence-corrected chi connectivity index (χ4v) is 3.01. The van der Waals surface area contributed by atoms with Crippen molar-refractivity contribution in [3.63, 3.8) is 0 Å². The van der Waals surface area contributed by atoms with E-state index in [1.54, 1.807) is 12.1 Å². The number of nitrogens with one attached hydrogen (secondary N) is 1. The summed E-state index contributed by atoms with van der Waals surface area (Å²) in [6.07, 6.45) is 1.03. The number of anilines is 1. The number of nitro benzene ring substituents is 1. The van der Waals surface area contributed by atoms with Crippen molar-refractivity contribution in [1.29, 1.82) is 0 Å². The van der Waals surface area contributed by atoms with Gasteiger partial charge in [0.15, 0.2) is 5.78 Å². The third-order valence-corrected chi connectivity index (χ3v) is 4.51. The monoisotopic (exact) mass is 415 g/mol.